The minimum Gasteiger partial charge on any atom is -0.325 e. The van der Waals surface area contributed by atoms with Crippen molar-refractivity contribution < 1.29 is 0 Å². The number of hydrogen-bond acceptors (Lipinski definition) is 3. The van der Waals surface area contributed by atoms with Crippen LogP contribution < -0.4 is 5.73 Å². The molecule has 1 saturated carbocycles. The second-order valence-corrected chi connectivity index (χ2v) is 4.31. The second kappa shape index (κ2) is 3.69. The molecule has 1 heterocycles. The number of nitrogens with zero attached hydrogens (tertiary/aromatic N) is 3. The molecular formula is C10H18N4. The summed E-state index contributed by atoms with van der Waals surface area (Å²) in [6.45, 7) is 4.85. The van der Waals surface area contributed by atoms with Crippen molar-refractivity contribution in [3.05, 3.63) is 11.4 Å². The molecule has 0 bridgehead atoms. The molecule has 0 aliphatic heterocycles. The molecule has 1 aromatic heterocycles. The normalized spacial score (nSPS) is 17.4. The van der Waals surface area contributed by atoms with E-state index in [1.807, 2.05) is 0 Å². The van der Waals surface area contributed by atoms with E-state index in [1.54, 1.807) is 0 Å². The molecule has 0 atom stereocenters. The molecule has 0 unspecified atom stereocenters. The van der Waals surface area contributed by atoms with Crippen LogP contribution in [0.2, 0.25) is 0 Å². The fourth-order valence-electron chi connectivity index (χ4n) is 1.98. The lowest BCUT2D eigenvalue weighted by molar-refractivity contribution is 0.275. The third-order valence-electron chi connectivity index (χ3n) is 2.97. The van der Waals surface area contributed by atoms with Crippen molar-refractivity contribution in [2.24, 2.45) is 5.73 Å². The van der Waals surface area contributed by atoms with E-state index < -0.39 is 0 Å². The minimum absolute atomic E-state index is 0.462. The Hall–Kier alpha value is -0.900. The monoisotopic (exact) mass is 194 g/mol. The SMILES string of the molecule is CC(C)c1c(CN)nnn1C1CCC1. The van der Waals surface area contributed by atoms with E-state index in [0.29, 0.717) is 18.5 Å². The first-order chi connectivity index (χ1) is 6.74. The van der Waals surface area contributed by atoms with Crippen molar-refractivity contribution in [1.82, 2.24) is 15.0 Å². The molecule has 0 spiro atoms. The lowest BCUT2D eigenvalue weighted by Gasteiger charge is -2.27. The van der Waals surface area contributed by atoms with Gasteiger partial charge in [0.15, 0.2) is 0 Å². The zero-order chi connectivity index (χ0) is 10.1. The first kappa shape index (κ1) is 9.65. The predicted molar refractivity (Wildman–Crippen MR) is 54.9 cm³/mol. The third kappa shape index (κ3) is 1.43. The Morgan fingerprint density at radius 2 is 2.21 bits per heavy atom. The van der Waals surface area contributed by atoms with Gasteiger partial charge in [-0.1, -0.05) is 19.1 Å². The average Bonchev–Trinajstić information content (AvgIpc) is 2.44. The Balaban J connectivity index is 2.33. The molecule has 0 radical (unpaired) electrons. The standard InChI is InChI=1S/C10H18N4/c1-7(2)10-9(6-11)12-13-14(10)8-4-3-5-8/h7-8H,3-6,11H2,1-2H3. The molecule has 2 N–H and O–H groups in total. The molecule has 2 rings (SSSR count). The van der Waals surface area contributed by atoms with Gasteiger partial charge in [0.25, 0.3) is 0 Å². The van der Waals surface area contributed by atoms with Crippen LogP contribution in [-0.4, -0.2) is 15.0 Å². The molecule has 1 aliphatic rings. The summed E-state index contributed by atoms with van der Waals surface area (Å²) in [6.07, 6.45) is 3.81. The molecule has 0 aromatic carbocycles. The average molecular weight is 194 g/mol. The van der Waals surface area contributed by atoms with Crippen molar-refractivity contribution in [3.63, 3.8) is 0 Å². The number of aromatic nitrogens is 3. The van der Waals surface area contributed by atoms with Crippen LogP contribution >= 0.6 is 0 Å². The van der Waals surface area contributed by atoms with Crippen LogP contribution in [0.15, 0.2) is 0 Å². The lowest BCUT2D eigenvalue weighted by Crippen LogP contribution is -2.21. The molecule has 4 heteroatoms. The zero-order valence-corrected chi connectivity index (χ0v) is 8.90. The van der Waals surface area contributed by atoms with E-state index in [0.717, 1.165) is 5.69 Å². The third-order valence-corrected chi connectivity index (χ3v) is 2.97. The van der Waals surface area contributed by atoms with Crippen molar-refractivity contribution in [2.75, 3.05) is 0 Å². The van der Waals surface area contributed by atoms with Gasteiger partial charge in [-0.2, -0.15) is 0 Å². The van der Waals surface area contributed by atoms with Crippen LogP contribution in [-0.2, 0) is 6.54 Å². The van der Waals surface area contributed by atoms with Crippen LogP contribution in [0.25, 0.3) is 0 Å². The fourth-order valence-corrected chi connectivity index (χ4v) is 1.98. The van der Waals surface area contributed by atoms with Gasteiger partial charge >= 0.3 is 0 Å². The summed E-state index contributed by atoms with van der Waals surface area (Å²) in [7, 11) is 0. The van der Waals surface area contributed by atoms with Crippen molar-refractivity contribution >= 4 is 0 Å². The quantitative estimate of drug-likeness (QED) is 0.794. The smallest absolute Gasteiger partial charge is 0.0997 e. The van der Waals surface area contributed by atoms with Crippen molar-refractivity contribution in [3.8, 4) is 0 Å². The summed E-state index contributed by atoms with van der Waals surface area (Å²) in [4.78, 5) is 0. The minimum atomic E-state index is 0.462. The first-order valence-corrected chi connectivity index (χ1v) is 5.38. The molecule has 0 amide bonds. The second-order valence-electron chi connectivity index (χ2n) is 4.31. The number of nitrogens with two attached hydrogens (primary N) is 1. The van der Waals surface area contributed by atoms with Crippen molar-refractivity contribution in [1.29, 1.82) is 0 Å². The van der Waals surface area contributed by atoms with Gasteiger partial charge in [-0.15, -0.1) is 5.10 Å². The maximum atomic E-state index is 5.65. The van der Waals surface area contributed by atoms with E-state index in [1.165, 1.54) is 25.0 Å². The molecule has 1 aromatic rings. The Labute approximate surface area is 84.5 Å². The maximum Gasteiger partial charge on any atom is 0.0997 e. The first-order valence-electron chi connectivity index (χ1n) is 5.38. The maximum absolute atomic E-state index is 5.65. The highest BCUT2D eigenvalue weighted by Crippen LogP contribution is 2.33. The van der Waals surface area contributed by atoms with Crippen LogP contribution in [0.3, 0.4) is 0 Å². The molecule has 4 nitrogen and oxygen atoms in total. The Kier molecular flexibility index (Phi) is 2.54. The summed E-state index contributed by atoms with van der Waals surface area (Å²) < 4.78 is 2.09. The van der Waals surface area contributed by atoms with E-state index in [9.17, 15) is 0 Å². The molecule has 14 heavy (non-hydrogen) atoms. The van der Waals surface area contributed by atoms with Crippen LogP contribution in [0.1, 0.15) is 56.5 Å². The van der Waals surface area contributed by atoms with Crippen LogP contribution in [0, 0.1) is 0 Å². The summed E-state index contributed by atoms with van der Waals surface area (Å²) in [6, 6.07) is 0.584. The van der Waals surface area contributed by atoms with Gasteiger partial charge in [0.2, 0.25) is 0 Å². The number of rotatable bonds is 3. The van der Waals surface area contributed by atoms with E-state index in [4.69, 9.17) is 5.73 Å². The summed E-state index contributed by atoms with van der Waals surface area (Å²) in [5.41, 5.74) is 7.84. The number of hydrogen-bond donors (Lipinski definition) is 1. The van der Waals surface area contributed by atoms with Gasteiger partial charge in [0.1, 0.15) is 0 Å². The summed E-state index contributed by atoms with van der Waals surface area (Å²) in [5, 5.41) is 8.36. The van der Waals surface area contributed by atoms with Crippen LogP contribution in [0.4, 0.5) is 0 Å². The highest BCUT2D eigenvalue weighted by molar-refractivity contribution is 5.15. The Bertz CT molecular complexity index is 312. The van der Waals surface area contributed by atoms with E-state index >= 15 is 0 Å². The van der Waals surface area contributed by atoms with Crippen molar-refractivity contribution in [2.45, 2.75) is 51.6 Å². The zero-order valence-electron chi connectivity index (χ0n) is 8.90. The highest BCUT2D eigenvalue weighted by atomic mass is 15.4. The largest absolute Gasteiger partial charge is 0.325 e. The molecule has 0 saturated heterocycles. The molecule has 78 valence electrons. The van der Waals surface area contributed by atoms with Gasteiger partial charge in [-0.3, -0.25) is 0 Å². The van der Waals surface area contributed by atoms with Gasteiger partial charge in [0, 0.05) is 6.54 Å². The molecule has 1 aliphatic carbocycles. The fraction of sp³-hybridized carbons (Fsp3) is 0.800. The van der Waals surface area contributed by atoms with E-state index in [-0.39, 0.29) is 0 Å². The molecular weight excluding hydrogens is 176 g/mol. The Morgan fingerprint density at radius 3 is 2.64 bits per heavy atom. The Morgan fingerprint density at radius 1 is 1.50 bits per heavy atom. The van der Waals surface area contributed by atoms with Gasteiger partial charge in [0.05, 0.1) is 17.4 Å². The topological polar surface area (TPSA) is 56.7 Å². The van der Waals surface area contributed by atoms with Gasteiger partial charge < -0.3 is 5.73 Å². The summed E-state index contributed by atoms with van der Waals surface area (Å²) in [5.74, 6) is 0.462. The van der Waals surface area contributed by atoms with Gasteiger partial charge in [-0.25, -0.2) is 4.68 Å². The molecule has 1 fully saturated rings. The lowest BCUT2D eigenvalue weighted by atomic mass is 9.92. The summed E-state index contributed by atoms with van der Waals surface area (Å²) >= 11 is 0. The van der Waals surface area contributed by atoms with E-state index in [2.05, 4.69) is 28.8 Å². The van der Waals surface area contributed by atoms with Gasteiger partial charge in [-0.05, 0) is 25.2 Å². The van der Waals surface area contributed by atoms with Crippen LogP contribution in [0.5, 0.6) is 0 Å². The predicted octanol–water partition coefficient (Wildman–Crippen LogP) is 1.59. The highest BCUT2D eigenvalue weighted by Gasteiger charge is 2.25.